The van der Waals surface area contributed by atoms with Crippen LogP contribution in [0.25, 0.3) is 11.4 Å². The number of rotatable bonds is 8. The van der Waals surface area contributed by atoms with E-state index in [1.165, 1.54) is 11.8 Å². The molecule has 0 atom stereocenters. The van der Waals surface area contributed by atoms with Crippen molar-refractivity contribution in [2.24, 2.45) is 0 Å². The standard InChI is InChI=1S/C20H19ClN4O2S/c1-3-11-25-19(14-7-9-15(21)10-8-14)23-24-20(25)28-13-18(26)22-16-5-4-6-17(12-16)27-2/h3-10,12H,1,11,13H2,2H3,(H,22,26). The lowest BCUT2D eigenvalue weighted by Gasteiger charge is -2.09. The molecule has 0 fully saturated rings. The van der Waals surface area contributed by atoms with Crippen molar-refractivity contribution < 1.29 is 9.53 Å². The van der Waals surface area contributed by atoms with E-state index in [-0.39, 0.29) is 11.7 Å². The molecule has 8 heteroatoms. The summed E-state index contributed by atoms with van der Waals surface area (Å²) in [6.07, 6.45) is 1.77. The SMILES string of the molecule is C=CCn1c(SCC(=O)Nc2cccc(OC)c2)nnc1-c1ccc(Cl)cc1. The lowest BCUT2D eigenvalue weighted by Crippen LogP contribution is -2.14. The minimum absolute atomic E-state index is 0.139. The summed E-state index contributed by atoms with van der Waals surface area (Å²) in [6.45, 7) is 4.33. The van der Waals surface area contributed by atoms with Gasteiger partial charge >= 0.3 is 0 Å². The maximum Gasteiger partial charge on any atom is 0.234 e. The molecule has 0 aliphatic heterocycles. The number of nitrogens with one attached hydrogen (secondary N) is 1. The zero-order valence-corrected chi connectivity index (χ0v) is 16.8. The second-order valence-corrected chi connectivity index (χ2v) is 7.16. The number of thioether (sulfide) groups is 1. The van der Waals surface area contributed by atoms with Crippen LogP contribution in [0.3, 0.4) is 0 Å². The predicted octanol–water partition coefficient (Wildman–Crippen LogP) is 4.52. The molecule has 1 aromatic heterocycles. The quantitative estimate of drug-likeness (QED) is 0.433. The number of halogens is 1. The van der Waals surface area contributed by atoms with Crippen LogP contribution in [0.15, 0.2) is 66.3 Å². The summed E-state index contributed by atoms with van der Waals surface area (Å²) in [6, 6.07) is 14.6. The maximum absolute atomic E-state index is 12.3. The molecule has 0 unspecified atom stereocenters. The van der Waals surface area contributed by atoms with Gasteiger partial charge in [0.2, 0.25) is 5.91 Å². The highest BCUT2D eigenvalue weighted by Crippen LogP contribution is 2.25. The fraction of sp³-hybridized carbons (Fsp3) is 0.150. The molecule has 0 saturated heterocycles. The number of amides is 1. The third-order valence-corrected chi connectivity index (χ3v) is 5.04. The summed E-state index contributed by atoms with van der Waals surface area (Å²) in [5.41, 5.74) is 1.57. The van der Waals surface area contributed by atoms with Gasteiger partial charge in [0.25, 0.3) is 0 Å². The van der Waals surface area contributed by atoms with Gasteiger partial charge in [-0.2, -0.15) is 0 Å². The van der Waals surface area contributed by atoms with Gasteiger partial charge in [0.1, 0.15) is 5.75 Å². The monoisotopic (exact) mass is 414 g/mol. The number of hydrogen-bond donors (Lipinski definition) is 1. The van der Waals surface area contributed by atoms with Crippen molar-refractivity contribution in [3.8, 4) is 17.1 Å². The number of aromatic nitrogens is 3. The van der Waals surface area contributed by atoms with Crippen molar-refractivity contribution in [2.75, 3.05) is 18.2 Å². The van der Waals surface area contributed by atoms with Crippen molar-refractivity contribution in [3.63, 3.8) is 0 Å². The van der Waals surface area contributed by atoms with Gasteiger partial charge in [0.15, 0.2) is 11.0 Å². The van der Waals surface area contributed by atoms with E-state index in [9.17, 15) is 4.79 Å². The van der Waals surface area contributed by atoms with E-state index in [1.54, 1.807) is 31.4 Å². The van der Waals surface area contributed by atoms with Crippen LogP contribution in [-0.2, 0) is 11.3 Å². The number of anilines is 1. The first kappa shape index (κ1) is 20.0. The van der Waals surface area contributed by atoms with Crippen LogP contribution in [-0.4, -0.2) is 33.5 Å². The van der Waals surface area contributed by atoms with Gasteiger partial charge in [-0.25, -0.2) is 0 Å². The molecule has 3 aromatic rings. The second kappa shape index (κ2) is 9.43. The molecule has 1 amide bonds. The smallest absolute Gasteiger partial charge is 0.234 e. The van der Waals surface area contributed by atoms with Crippen LogP contribution in [0.4, 0.5) is 5.69 Å². The summed E-state index contributed by atoms with van der Waals surface area (Å²) in [7, 11) is 1.58. The predicted molar refractivity (Wildman–Crippen MR) is 113 cm³/mol. The molecule has 0 aliphatic carbocycles. The molecule has 1 N–H and O–H groups in total. The number of hydrogen-bond acceptors (Lipinski definition) is 5. The van der Waals surface area contributed by atoms with Crippen molar-refractivity contribution in [2.45, 2.75) is 11.7 Å². The maximum atomic E-state index is 12.3. The second-order valence-electron chi connectivity index (χ2n) is 5.78. The van der Waals surface area contributed by atoms with Gasteiger partial charge in [0.05, 0.1) is 12.9 Å². The Labute approximate surface area is 172 Å². The highest BCUT2D eigenvalue weighted by molar-refractivity contribution is 7.99. The van der Waals surface area contributed by atoms with Crippen molar-refractivity contribution in [1.82, 2.24) is 14.8 Å². The van der Waals surface area contributed by atoms with Gasteiger partial charge < -0.3 is 10.1 Å². The number of nitrogens with zero attached hydrogens (tertiary/aromatic N) is 3. The van der Waals surface area contributed by atoms with E-state index in [0.717, 1.165) is 5.56 Å². The Bertz CT molecular complexity index is 973. The number of allylic oxidation sites excluding steroid dienone is 1. The van der Waals surface area contributed by atoms with Crippen LogP contribution < -0.4 is 10.1 Å². The number of benzene rings is 2. The first-order valence-electron chi connectivity index (χ1n) is 8.47. The first-order chi connectivity index (χ1) is 13.6. The van der Waals surface area contributed by atoms with Crippen LogP contribution >= 0.6 is 23.4 Å². The minimum Gasteiger partial charge on any atom is -0.497 e. The molecule has 0 radical (unpaired) electrons. The normalized spacial score (nSPS) is 10.5. The fourth-order valence-corrected chi connectivity index (χ4v) is 3.40. The molecule has 0 spiro atoms. The van der Waals surface area contributed by atoms with E-state index < -0.39 is 0 Å². The highest BCUT2D eigenvalue weighted by atomic mass is 35.5. The molecule has 0 bridgehead atoms. The van der Waals surface area contributed by atoms with Crippen molar-refractivity contribution in [1.29, 1.82) is 0 Å². The summed E-state index contributed by atoms with van der Waals surface area (Å²) in [4.78, 5) is 12.3. The van der Waals surface area contributed by atoms with Crippen LogP contribution in [0, 0.1) is 0 Å². The minimum atomic E-state index is -0.139. The zero-order chi connectivity index (χ0) is 19.9. The molecule has 2 aromatic carbocycles. The Kier molecular flexibility index (Phi) is 6.73. The van der Waals surface area contributed by atoms with Crippen molar-refractivity contribution in [3.05, 3.63) is 66.2 Å². The largest absolute Gasteiger partial charge is 0.497 e. The highest BCUT2D eigenvalue weighted by Gasteiger charge is 2.15. The van der Waals surface area contributed by atoms with Gasteiger partial charge in [-0.05, 0) is 36.4 Å². The molecule has 3 rings (SSSR count). The number of ether oxygens (including phenoxy) is 1. The number of methoxy groups -OCH3 is 1. The Morgan fingerprint density at radius 2 is 2.07 bits per heavy atom. The summed E-state index contributed by atoms with van der Waals surface area (Å²) >= 11 is 7.28. The molecule has 28 heavy (non-hydrogen) atoms. The topological polar surface area (TPSA) is 69.0 Å². The Hall–Kier alpha value is -2.77. The summed E-state index contributed by atoms with van der Waals surface area (Å²) in [5, 5.41) is 12.7. The Morgan fingerprint density at radius 3 is 2.79 bits per heavy atom. The van der Waals surface area contributed by atoms with Gasteiger partial charge in [-0.3, -0.25) is 9.36 Å². The van der Waals surface area contributed by atoms with E-state index in [1.807, 2.05) is 34.9 Å². The fourth-order valence-electron chi connectivity index (χ4n) is 2.53. The van der Waals surface area contributed by atoms with E-state index in [4.69, 9.17) is 16.3 Å². The Morgan fingerprint density at radius 1 is 1.29 bits per heavy atom. The number of carbonyl (C=O) groups is 1. The Balaban J connectivity index is 1.70. The van der Waals surface area contributed by atoms with Gasteiger partial charge in [0, 0.05) is 28.9 Å². The molecule has 0 saturated carbocycles. The van der Waals surface area contributed by atoms with Crippen LogP contribution in [0.1, 0.15) is 0 Å². The average Bonchev–Trinajstić information content (AvgIpc) is 3.10. The van der Waals surface area contributed by atoms with Gasteiger partial charge in [-0.15, -0.1) is 16.8 Å². The third-order valence-electron chi connectivity index (χ3n) is 3.82. The van der Waals surface area contributed by atoms with E-state index in [2.05, 4.69) is 22.1 Å². The van der Waals surface area contributed by atoms with Gasteiger partial charge in [-0.1, -0.05) is 35.5 Å². The molecular weight excluding hydrogens is 396 g/mol. The number of carbonyl (C=O) groups excluding carboxylic acids is 1. The zero-order valence-electron chi connectivity index (χ0n) is 15.3. The molecule has 144 valence electrons. The molecular formula is C20H19ClN4O2S. The molecule has 0 aliphatic rings. The van der Waals surface area contributed by atoms with E-state index >= 15 is 0 Å². The van der Waals surface area contributed by atoms with Crippen LogP contribution in [0.2, 0.25) is 5.02 Å². The molecule has 6 nitrogen and oxygen atoms in total. The first-order valence-corrected chi connectivity index (χ1v) is 9.84. The lowest BCUT2D eigenvalue weighted by molar-refractivity contribution is -0.113. The summed E-state index contributed by atoms with van der Waals surface area (Å²) < 4.78 is 7.08. The van der Waals surface area contributed by atoms with E-state index in [0.29, 0.717) is 34.0 Å². The van der Waals surface area contributed by atoms with Crippen molar-refractivity contribution >= 4 is 35.0 Å². The average molecular weight is 415 g/mol. The third kappa shape index (κ3) is 4.94. The lowest BCUT2D eigenvalue weighted by atomic mass is 10.2. The molecule has 1 heterocycles. The van der Waals surface area contributed by atoms with Crippen LogP contribution in [0.5, 0.6) is 5.75 Å². The summed E-state index contributed by atoms with van der Waals surface area (Å²) in [5.74, 6) is 1.45.